The molecule has 2 nitrogen and oxygen atoms in total. The second-order valence-electron chi connectivity index (χ2n) is 4.77. The molecule has 20 heavy (non-hydrogen) atoms. The van der Waals surface area contributed by atoms with Crippen LogP contribution in [-0.4, -0.2) is 9.78 Å². The van der Waals surface area contributed by atoms with Crippen molar-refractivity contribution in [3.63, 3.8) is 0 Å². The molecule has 0 fully saturated rings. The minimum Gasteiger partial charge on any atom is -0.265 e. The minimum absolute atomic E-state index is 0.246. The second kappa shape index (κ2) is 5.70. The maximum absolute atomic E-state index is 13.9. The molecule has 100 valence electrons. The first-order valence-electron chi connectivity index (χ1n) is 6.61. The predicted molar refractivity (Wildman–Crippen MR) is 77.0 cm³/mol. The molecule has 0 saturated carbocycles. The summed E-state index contributed by atoms with van der Waals surface area (Å²) in [7, 11) is 0. The van der Waals surface area contributed by atoms with Gasteiger partial charge in [0.15, 0.2) is 5.82 Å². The van der Waals surface area contributed by atoms with E-state index in [1.807, 2.05) is 60.7 Å². The number of hydrogen-bond acceptors (Lipinski definition) is 1. The van der Waals surface area contributed by atoms with Crippen molar-refractivity contribution in [2.75, 3.05) is 0 Å². The van der Waals surface area contributed by atoms with Gasteiger partial charge < -0.3 is 0 Å². The fourth-order valence-electron chi connectivity index (χ4n) is 2.20. The molecule has 0 N–H and O–H groups in total. The Morgan fingerprint density at radius 3 is 2.10 bits per heavy atom. The summed E-state index contributed by atoms with van der Waals surface area (Å²) in [5, 5.41) is 4.34. The SMILES string of the molecule is Fc1cn(Cc2ccccc2)nc1Cc1ccccc1. The lowest BCUT2D eigenvalue weighted by atomic mass is 10.1. The molecule has 0 atom stereocenters. The largest absolute Gasteiger partial charge is 0.265 e. The van der Waals surface area contributed by atoms with E-state index in [1.165, 1.54) is 6.20 Å². The summed E-state index contributed by atoms with van der Waals surface area (Å²) in [6.07, 6.45) is 1.99. The van der Waals surface area contributed by atoms with Crippen LogP contribution in [-0.2, 0) is 13.0 Å². The monoisotopic (exact) mass is 266 g/mol. The van der Waals surface area contributed by atoms with E-state index in [9.17, 15) is 4.39 Å². The second-order valence-corrected chi connectivity index (χ2v) is 4.77. The van der Waals surface area contributed by atoms with Gasteiger partial charge in [-0.15, -0.1) is 0 Å². The molecule has 0 amide bonds. The molecule has 3 rings (SSSR count). The number of hydrogen-bond donors (Lipinski definition) is 0. The summed E-state index contributed by atoms with van der Waals surface area (Å²) in [5.41, 5.74) is 2.67. The van der Waals surface area contributed by atoms with E-state index >= 15 is 0 Å². The van der Waals surface area contributed by atoms with Crippen LogP contribution in [0.5, 0.6) is 0 Å². The van der Waals surface area contributed by atoms with Crippen LogP contribution in [0.1, 0.15) is 16.8 Å². The molecule has 0 unspecified atom stereocenters. The van der Waals surface area contributed by atoms with Crippen molar-refractivity contribution in [3.05, 3.63) is 89.5 Å². The fourth-order valence-corrected chi connectivity index (χ4v) is 2.20. The van der Waals surface area contributed by atoms with E-state index in [0.29, 0.717) is 18.7 Å². The summed E-state index contributed by atoms with van der Waals surface area (Å²) >= 11 is 0. The zero-order valence-electron chi connectivity index (χ0n) is 11.0. The minimum atomic E-state index is -0.246. The molecule has 3 aromatic rings. The third kappa shape index (κ3) is 2.94. The molecule has 0 bridgehead atoms. The molecule has 0 aliphatic rings. The molecule has 0 aliphatic heterocycles. The Bertz CT molecular complexity index is 675. The third-order valence-electron chi connectivity index (χ3n) is 3.19. The zero-order chi connectivity index (χ0) is 13.8. The first kappa shape index (κ1) is 12.6. The Morgan fingerprint density at radius 2 is 1.45 bits per heavy atom. The Morgan fingerprint density at radius 1 is 0.850 bits per heavy atom. The fraction of sp³-hybridized carbons (Fsp3) is 0.118. The van der Waals surface area contributed by atoms with Crippen LogP contribution in [0.3, 0.4) is 0 Å². The van der Waals surface area contributed by atoms with Crippen molar-refractivity contribution in [1.29, 1.82) is 0 Å². The van der Waals surface area contributed by atoms with Crippen molar-refractivity contribution in [3.8, 4) is 0 Å². The molecule has 0 saturated heterocycles. The highest BCUT2D eigenvalue weighted by atomic mass is 19.1. The number of rotatable bonds is 4. The Labute approximate surface area is 117 Å². The normalized spacial score (nSPS) is 10.7. The standard InChI is InChI=1S/C17H15FN2/c18-16-13-20(12-15-9-5-2-6-10-15)19-17(16)11-14-7-3-1-4-8-14/h1-10,13H,11-12H2. The summed E-state index contributed by atoms with van der Waals surface area (Å²) in [6.45, 7) is 0.590. The van der Waals surface area contributed by atoms with E-state index in [-0.39, 0.29) is 5.82 Å². The highest BCUT2D eigenvalue weighted by Gasteiger charge is 2.09. The third-order valence-corrected chi connectivity index (χ3v) is 3.19. The topological polar surface area (TPSA) is 17.8 Å². The lowest BCUT2D eigenvalue weighted by Crippen LogP contribution is -2.01. The lowest BCUT2D eigenvalue weighted by molar-refractivity contribution is 0.611. The van der Waals surface area contributed by atoms with Gasteiger partial charge in [0.05, 0.1) is 12.7 Å². The maximum atomic E-state index is 13.9. The van der Waals surface area contributed by atoms with E-state index < -0.39 is 0 Å². The van der Waals surface area contributed by atoms with Crippen LogP contribution in [0, 0.1) is 5.82 Å². The lowest BCUT2D eigenvalue weighted by Gasteiger charge is -2.01. The highest BCUT2D eigenvalue weighted by molar-refractivity contribution is 5.22. The van der Waals surface area contributed by atoms with Gasteiger partial charge >= 0.3 is 0 Å². The summed E-state index contributed by atoms with van der Waals surface area (Å²) in [4.78, 5) is 0. The number of nitrogens with zero attached hydrogens (tertiary/aromatic N) is 2. The van der Waals surface area contributed by atoms with Crippen molar-refractivity contribution >= 4 is 0 Å². The predicted octanol–water partition coefficient (Wildman–Crippen LogP) is 3.66. The Hall–Kier alpha value is -2.42. The maximum Gasteiger partial charge on any atom is 0.164 e. The van der Waals surface area contributed by atoms with E-state index in [4.69, 9.17) is 0 Å². The van der Waals surface area contributed by atoms with Crippen LogP contribution in [0.15, 0.2) is 66.9 Å². The first-order valence-corrected chi connectivity index (χ1v) is 6.61. The van der Waals surface area contributed by atoms with Crippen molar-refractivity contribution in [1.82, 2.24) is 9.78 Å². The quantitative estimate of drug-likeness (QED) is 0.704. The number of benzene rings is 2. The average molecular weight is 266 g/mol. The van der Waals surface area contributed by atoms with Gasteiger partial charge in [0, 0.05) is 6.42 Å². The van der Waals surface area contributed by atoms with Crippen LogP contribution >= 0.6 is 0 Å². The molecular formula is C17H15FN2. The van der Waals surface area contributed by atoms with Crippen molar-refractivity contribution in [2.45, 2.75) is 13.0 Å². The Balaban J connectivity index is 1.77. The molecule has 3 heteroatoms. The van der Waals surface area contributed by atoms with E-state index in [2.05, 4.69) is 5.10 Å². The highest BCUT2D eigenvalue weighted by Crippen LogP contribution is 2.12. The molecule has 1 heterocycles. The Kier molecular flexibility index (Phi) is 3.59. The van der Waals surface area contributed by atoms with Crippen LogP contribution in [0.25, 0.3) is 0 Å². The zero-order valence-corrected chi connectivity index (χ0v) is 11.0. The molecule has 0 radical (unpaired) electrons. The summed E-state index contributed by atoms with van der Waals surface area (Å²) in [5.74, 6) is -0.246. The van der Waals surface area contributed by atoms with Gasteiger partial charge in [-0.1, -0.05) is 60.7 Å². The van der Waals surface area contributed by atoms with Gasteiger partial charge in [0.2, 0.25) is 0 Å². The van der Waals surface area contributed by atoms with Gasteiger partial charge in [-0.05, 0) is 11.1 Å². The van der Waals surface area contributed by atoms with Gasteiger partial charge in [-0.3, -0.25) is 4.68 Å². The van der Waals surface area contributed by atoms with Gasteiger partial charge in [-0.2, -0.15) is 5.10 Å². The number of aromatic nitrogens is 2. The molecule has 1 aromatic heterocycles. The van der Waals surface area contributed by atoms with E-state index in [1.54, 1.807) is 4.68 Å². The molecular weight excluding hydrogens is 251 g/mol. The molecule has 2 aromatic carbocycles. The van der Waals surface area contributed by atoms with E-state index in [0.717, 1.165) is 11.1 Å². The van der Waals surface area contributed by atoms with Crippen molar-refractivity contribution < 1.29 is 4.39 Å². The van der Waals surface area contributed by atoms with Crippen molar-refractivity contribution in [2.24, 2.45) is 0 Å². The van der Waals surface area contributed by atoms with Crippen LogP contribution < -0.4 is 0 Å². The van der Waals surface area contributed by atoms with Gasteiger partial charge in [0.25, 0.3) is 0 Å². The molecule has 0 spiro atoms. The van der Waals surface area contributed by atoms with Gasteiger partial charge in [0.1, 0.15) is 5.69 Å². The van der Waals surface area contributed by atoms with Crippen LogP contribution in [0.4, 0.5) is 4.39 Å². The first-order chi connectivity index (χ1) is 9.81. The number of halogens is 1. The van der Waals surface area contributed by atoms with Crippen LogP contribution in [0.2, 0.25) is 0 Å². The van der Waals surface area contributed by atoms with Gasteiger partial charge in [-0.25, -0.2) is 4.39 Å². The molecule has 0 aliphatic carbocycles. The average Bonchev–Trinajstić information content (AvgIpc) is 2.81. The summed E-state index contributed by atoms with van der Waals surface area (Å²) < 4.78 is 15.6. The smallest absolute Gasteiger partial charge is 0.164 e. The summed E-state index contributed by atoms with van der Waals surface area (Å²) in [6, 6.07) is 19.8.